The summed E-state index contributed by atoms with van der Waals surface area (Å²) in [4.78, 5) is 9.52. The first-order chi connectivity index (χ1) is 15.2. The third kappa shape index (κ3) is 4.11. The van der Waals surface area contributed by atoms with Crippen molar-refractivity contribution >= 4 is 27.6 Å². The molecule has 0 aliphatic heterocycles. The van der Waals surface area contributed by atoms with Crippen molar-refractivity contribution in [3.8, 4) is 11.3 Å². The van der Waals surface area contributed by atoms with Crippen LogP contribution in [0, 0.1) is 0 Å². The summed E-state index contributed by atoms with van der Waals surface area (Å²) in [5.74, 6) is 0.903. The summed E-state index contributed by atoms with van der Waals surface area (Å²) >= 11 is 3.62. The van der Waals surface area contributed by atoms with Gasteiger partial charge in [-0.05, 0) is 65.9 Å². The molecule has 0 saturated heterocycles. The first-order valence-corrected chi connectivity index (χ1v) is 11.3. The van der Waals surface area contributed by atoms with Gasteiger partial charge in [0.2, 0.25) is 5.95 Å². The zero-order valence-corrected chi connectivity index (χ0v) is 18.6. The fourth-order valence-corrected chi connectivity index (χ4v) is 4.68. The number of benzene rings is 3. The molecule has 154 valence electrons. The number of hydrogen-bond acceptors (Lipinski definition) is 4. The zero-order valence-electron chi connectivity index (χ0n) is 17.1. The largest absolute Gasteiger partial charge is 0.330 e. The number of rotatable bonds is 5. The standard InChI is InChI=1S/C26H23BrN4/c27-20-5-3-4-18(14-20)24-15-19-16-29-26(30-21-10-8-17(9-11-21)12-13-28)31-25(19)23-7-2-1-6-22(23)24/h1-11,14,16,24H,12-13,15,28H2,(H,29,30,31). The number of anilines is 2. The molecule has 0 fully saturated rings. The molecule has 3 N–H and O–H groups in total. The van der Waals surface area contributed by atoms with Crippen molar-refractivity contribution in [1.29, 1.82) is 0 Å². The molecule has 4 nitrogen and oxygen atoms in total. The maximum atomic E-state index is 5.64. The SMILES string of the molecule is NCCc1ccc(Nc2ncc3c(n2)-c2ccccc2C(c2cccc(Br)c2)C3)cc1. The van der Waals surface area contributed by atoms with Crippen LogP contribution in [-0.2, 0) is 12.8 Å². The summed E-state index contributed by atoms with van der Waals surface area (Å²) in [6.07, 6.45) is 3.73. The molecule has 0 amide bonds. The van der Waals surface area contributed by atoms with E-state index in [1.54, 1.807) is 0 Å². The third-order valence-corrected chi connectivity index (χ3v) is 6.27. The second-order valence-electron chi connectivity index (χ2n) is 7.83. The molecule has 1 aromatic heterocycles. The van der Waals surface area contributed by atoms with Gasteiger partial charge in [-0.3, -0.25) is 0 Å². The minimum absolute atomic E-state index is 0.290. The van der Waals surface area contributed by atoms with Crippen molar-refractivity contribution in [2.24, 2.45) is 5.73 Å². The number of aromatic nitrogens is 2. The van der Waals surface area contributed by atoms with Crippen LogP contribution < -0.4 is 11.1 Å². The Morgan fingerprint density at radius 3 is 2.65 bits per heavy atom. The average Bonchev–Trinajstić information content (AvgIpc) is 2.80. The van der Waals surface area contributed by atoms with E-state index in [0.717, 1.165) is 28.7 Å². The topological polar surface area (TPSA) is 63.8 Å². The van der Waals surface area contributed by atoms with Crippen molar-refractivity contribution in [2.45, 2.75) is 18.8 Å². The Morgan fingerprint density at radius 2 is 1.84 bits per heavy atom. The van der Waals surface area contributed by atoms with Crippen LogP contribution in [0.3, 0.4) is 0 Å². The molecule has 3 aromatic carbocycles. The van der Waals surface area contributed by atoms with Crippen LogP contribution in [-0.4, -0.2) is 16.5 Å². The van der Waals surface area contributed by atoms with E-state index in [1.807, 2.05) is 18.3 Å². The van der Waals surface area contributed by atoms with Gasteiger partial charge < -0.3 is 11.1 Å². The third-order valence-electron chi connectivity index (χ3n) is 5.77. The highest BCUT2D eigenvalue weighted by atomic mass is 79.9. The lowest BCUT2D eigenvalue weighted by molar-refractivity contribution is 0.782. The number of nitrogens with two attached hydrogens (primary N) is 1. The normalized spacial score (nSPS) is 14.6. The minimum Gasteiger partial charge on any atom is -0.330 e. The van der Waals surface area contributed by atoms with Crippen molar-refractivity contribution < 1.29 is 0 Å². The molecule has 1 aliphatic carbocycles. The van der Waals surface area contributed by atoms with Crippen LogP contribution in [0.25, 0.3) is 11.3 Å². The number of hydrogen-bond donors (Lipinski definition) is 2. The Labute approximate surface area is 190 Å². The molecule has 5 heteroatoms. The Balaban J connectivity index is 1.48. The Hall–Kier alpha value is -3.02. The predicted octanol–water partition coefficient (Wildman–Crippen LogP) is 5.84. The van der Waals surface area contributed by atoms with Crippen LogP contribution in [0.5, 0.6) is 0 Å². The van der Waals surface area contributed by atoms with Gasteiger partial charge in [-0.2, -0.15) is 0 Å². The molecule has 31 heavy (non-hydrogen) atoms. The molecule has 0 saturated carbocycles. The van der Waals surface area contributed by atoms with E-state index < -0.39 is 0 Å². The van der Waals surface area contributed by atoms with Crippen LogP contribution >= 0.6 is 15.9 Å². The number of fused-ring (bicyclic) bond motifs is 3. The number of halogens is 1. The van der Waals surface area contributed by atoms with E-state index in [4.69, 9.17) is 10.7 Å². The second kappa shape index (κ2) is 8.61. The molecule has 0 radical (unpaired) electrons. The summed E-state index contributed by atoms with van der Waals surface area (Å²) in [6, 6.07) is 25.4. The molecule has 1 heterocycles. The average molecular weight is 471 g/mol. The number of nitrogens with zero attached hydrogens (tertiary/aromatic N) is 2. The molecular weight excluding hydrogens is 448 g/mol. The van der Waals surface area contributed by atoms with Gasteiger partial charge in [-0.25, -0.2) is 9.97 Å². The molecule has 0 bridgehead atoms. The van der Waals surface area contributed by atoms with Gasteiger partial charge in [-0.1, -0.05) is 64.5 Å². The molecular formula is C26H23BrN4. The monoisotopic (exact) mass is 470 g/mol. The summed E-state index contributed by atoms with van der Waals surface area (Å²) in [6.45, 7) is 0.654. The quantitative estimate of drug-likeness (QED) is 0.384. The molecule has 1 atom stereocenters. The smallest absolute Gasteiger partial charge is 0.227 e. The van der Waals surface area contributed by atoms with Crippen molar-refractivity contribution in [3.05, 3.63) is 106 Å². The minimum atomic E-state index is 0.290. The molecule has 1 unspecified atom stereocenters. The van der Waals surface area contributed by atoms with E-state index >= 15 is 0 Å². The van der Waals surface area contributed by atoms with Crippen molar-refractivity contribution in [1.82, 2.24) is 9.97 Å². The summed E-state index contributed by atoms with van der Waals surface area (Å²) in [5.41, 5.74) is 13.8. The maximum Gasteiger partial charge on any atom is 0.227 e. The van der Waals surface area contributed by atoms with Gasteiger partial charge in [0, 0.05) is 27.8 Å². The highest BCUT2D eigenvalue weighted by Gasteiger charge is 2.27. The molecule has 4 aromatic rings. The van der Waals surface area contributed by atoms with Gasteiger partial charge >= 0.3 is 0 Å². The number of nitrogens with one attached hydrogen (secondary N) is 1. The highest BCUT2D eigenvalue weighted by molar-refractivity contribution is 9.10. The zero-order chi connectivity index (χ0) is 21.2. The van der Waals surface area contributed by atoms with E-state index in [-0.39, 0.29) is 0 Å². The van der Waals surface area contributed by atoms with Crippen LogP contribution in [0.1, 0.15) is 28.2 Å². The van der Waals surface area contributed by atoms with E-state index in [1.165, 1.54) is 27.8 Å². The lowest BCUT2D eigenvalue weighted by atomic mass is 9.78. The molecule has 0 spiro atoms. The van der Waals surface area contributed by atoms with Crippen LogP contribution in [0.15, 0.2) is 83.5 Å². The summed E-state index contributed by atoms with van der Waals surface area (Å²) < 4.78 is 1.10. The van der Waals surface area contributed by atoms with Crippen molar-refractivity contribution in [2.75, 3.05) is 11.9 Å². The van der Waals surface area contributed by atoms with Crippen LogP contribution in [0.4, 0.5) is 11.6 Å². The van der Waals surface area contributed by atoms with Gasteiger partial charge in [0.25, 0.3) is 0 Å². The van der Waals surface area contributed by atoms with Crippen LogP contribution in [0.2, 0.25) is 0 Å². The van der Waals surface area contributed by atoms with E-state index in [2.05, 4.69) is 86.9 Å². The van der Waals surface area contributed by atoms with Gasteiger partial charge in [-0.15, -0.1) is 0 Å². The molecule has 1 aliphatic rings. The summed E-state index contributed by atoms with van der Waals surface area (Å²) in [5, 5.41) is 3.34. The van der Waals surface area contributed by atoms with Gasteiger partial charge in [0.15, 0.2) is 0 Å². The first-order valence-electron chi connectivity index (χ1n) is 10.5. The Morgan fingerprint density at radius 1 is 1.00 bits per heavy atom. The molecule has 5 rings (SSSR count). The Kier molecular flexibility index (Phi) is 5.53. The van der Waals surface area contributed by atoms with E-state index in [9.17, 15) is 0 Å². The highest BCUT2D eigenvalue weighted by Crippen LogP contribution is 2.42. The summed E-state index contributed by atoms with van der Waals surface area (Å²) in [7, 11) is 0. The fourth-order valence-electron chi connectivity index (χ4n) is 4.27. The predicted molar refractivity (Wildman–Crippen MR) is 130 cm³/mol. The fraction of sp³-hybridized carbons (Fsp3) is 0.154. The lowest BCUT2D eigenvalue weighted by Gasteiger charge is -2.27. The van der Waals surface area contributed by atoms with Gasteiger partial charge in [0.05, 0.1) is 5.69 Å². The van der Waals surface area contributed by atoms with Crippen molar-refractivity contribution in [3.63, 3.8) is 0 Å². The van der Waals surface area contributed by atoms with E-state index in [0.29, 0.717) is 18.4 Å². The first kappa shape index (κ1) is 19.9. The second-order valence-corrected chi connectivity index (χ2v) is 8.74. The van der Waals surface area contributed by atoms with Gasteiger partial charge in [0.1, 0.15) is 0 Å². The Bertz CT molecular complexity index is 1220. The lowest BCUT2D eigenvalue weighted by Crippen LogP contribution is -2.15. The maximum absolute atomic E-state index is 5.64.